The zero-order chi connectivity index (χ0) is 11.4. The lowest BCUT2D eigenvalue weighted by molar-refractivity contribution is -0.139. The van der Waals surface area contributed by atoms with Crippen LogP contribution in [-0.2, 0) is 20.7 Å². The van der Waals surface area contributed by atoms with Crippen molar-refractivity contribution in [1.82, 2.24) is 0 Å². The number of ether oxygens (including phenoxy) is 1. The number of halogens is 2. The molecule has 4 nitrogen and oxygen atoms in total. The molecule has 1 rings (SSSR count). The molecule has 0 bridgehead atoms. The van der Waals surface area contributed by atoms with Crippen molar-refractivity contribution >= 4 is 40.7 Å². The van der Waals surface area contributed by atoms with Crippen molar-refractivity contribution in [2.24, 2.45) is 4.99 Å². The van der Waals surface area contributed by atoms with Crippen molar-refractivity contribution < 1.29 is 18.7 Å². The summed E-state index contributed by atoms with van der Waals surface area (Å²) in [7, 11) is 1.21. The van der Waals surface area contributed by atoms with Crippen LogP contribution in [0.5, 0.6) is 0 Å². The van der Waals surface area contributed by atoms with Gasteiger partial charge in [-0.3, -0.25) is 4.79 Å². The average molecular weight is 250 g/mol. The Balaban J connectivity index is 3.06. The molecule has 15 heavy (non-hydrogen) atoms. The van der Waals surface area contributed by atoms with E-state index in [2.05, 4.69) is 9.73 Å². The van der Waals surface area contributed by atoms with Crippen LogP contribution in [0.2, 0.25) is 5.02 Å². The number of esters is 1. The Hall–Kier alpha value is -1.23. The molecule has 0 aromatic carbocycles. The van der Waals surface area contributed by atoms with Crippen LogP contribution in [0.4, 0.5) is 10.1 Å². The molecule has 0 fully saturated rings. The lowest BCUT2D eigenvalue weighted by Gasteiger charge is -1.95. The molecule has 0 radical (unpaired) electrons. The molecule has 1 heterocycles. The van der Waals surface area contributed by atoms with E-state index in [9.17, 15) is 14.0 Å². The summed E-state index contributed by atoms with van der Waals surface area (Å²) < 4.78 is 17.5. The fraction of sp³-hybridized carbons (Fsp3) is 0.250. The highest BCUT2D eigenvalue weighted by Gasteiger charge is 2.18. The van der Waals surface area contributed by atoms with E-state index >= 15 is 0 Å². The molecule has 0 atom stereocenters. The number of hydrogen-bond acceptors (Lipinski definition) is 5. The molecule has 0 aliphatic carbocycles. The van der Waals surface area contributed by atoms with Crippen LogP contribution < -0.4 is 0 Å². The molecule has 0 saturated heterocycles. The maximum atomic E-state index is 13.1. The molecule has 1 aromatic heterocycles. The molecule has 0 aliphatic heterocycles. The summed E-state index contributed by atoms with van der Waals surface area (Å²) in [5, 5.41) is -0.770. The van der Waals surface area contributed by atoms with Gasteiger partial charge in [0.25, 0.3) is 0 Å². The summed E-state index contributed by atoms with van der Waals surface area (Å²) in [5.74, 6) is -0.542. The van der Waals surface area contributed by atoms with Crippen molar-refractivity contribution in [2.75, 3.05) is 7.11 Å². The molecule has 80 valence electrons. The third-order valence-corrected chi connectivity index (χ3v) is 3.03. The maximum Gasteiger partial charge on any atom is 0.310 e. The van der Waals surface area contributed by atoms with Gasteiger partial charge in [-0.2, -0.15) is 9.38 Å². The van der Waals surface area contributed by atoms with Crippen LogP contribution in [0.3, 0.4) is 0 Å². The summed E-state index contributed by atoms with van der Waals surface area (Å²) in [4.78, 5) is 24.2. The second kappa shape index (κ2) is 5.02. The minimum atomic E-state index is -0.720. The molecule has 0 unspecified atom stereocenters. The lowest BCUT2D eigenvalue weighted by Crippen LogP contribution is -2.02. The number of isocyanates is 1. The minimum Gasteiger partial charge on any atom is -0.469 e. The number of carbonyl (C=O) groups excluding carboxylic acids is 2. The van der Waals surface area contributed by atoms with Crippen molar-refractivity contribution in [1.29, 1.82) is 0 Å². The summed E-state index contributed by atoms with van der Waals surface area (Å²) >= 11 is 6.35. The van der Waals surface area contributed by atoms with Gasteiger partial charge in [0.05, 0.1) is 18.6 Å². The van der Waals surface area contributed by atoms with Gasteiger partial charge in [0.2, 0.25) is 11.2 Å². The van der Waals surface area contributed by atoms with Crippen LogP contribution in [-0.4, -0.2) is 19.2 Å². The van der Waals surface area contributed by atoms with Crippen molar-refractivity contribution in [3.63, 3.8) is 0 Å². The highest BCUT2D eigenvalue weighted by Crippen LogP contribution is 2.38. The summed E-state index contributed by atoms with van der Waals surface area (Å²) in [6.45, 7) is 0. The van der Waals surface area contributed by atoms with Gasteiger partial charge < -0.3 is 4.74 Å². The first-order chi connectivity index (χ1) is 7.10. The van der Waals surface area contributed by atoms with Gasteiger partial charge in [0.15, 0.2) is 0 Å². The van der Waals surface area contributed by atoms with E-state index in [4.69, 9.17) is 11.6 Å². The number of carbonyl (C=O) groups is 1. The predicted octanol–water partition coefficient (Wildman–Crippen LogP) is 2.22. The lowest BCUT2D eigenvalue weighted by atomic mass is 10.3. The number of nitrogens with zero attached hydrogens (tertiary/aromatic N) is 1. The van der Waals surface area contributed by atoms with Crippen LogP contribution in [0, 0.1) is 5.13 Å². The topological polar surface area (TPSA) is 55.7 Å². The van der Waals surface area contributed by atoms with Crippen molar-refractivity contribution in [3.05, 3.63) is 15.0 Å². The summed E-state index contributed by atoms with van der Waals surface area (Å²) in [6, 6.07) is 0. The Bertz CT molecular complexity index is 439. The number of aliphatic imine (C=N–C) groups is 1. The van der Waals surface area contributed by atoms with Crippen LogP contribution in [0.1, 0.15) is 4.88 Å². The smallest absolute Gasteiger partial charge is 0.310 e. The maximum absolute atomic E-state index is 13.1. The van der Waals surface area contributed by atoms with Crippen LogP contribution in [0.25, 0.3) is 0 Å². The Labute approximate surface area is 93.3 Å². The standard InChI is InChI=1S/C8H5ClFNO3S/c1-14-5(13)2-4-6(9)7(11-3-12)8(10)15-4/h2H2,1H3. The molecule has 1 aromatic rings. The Kier molecular flexibility index (Phi) is 3.96. The molecule has 0 spiro atoms. The van der Waals surface area contributed by atoms with E-state index in [0.29, 0.717) is 11.3 Å². The Morgan fingerprint density at radius 3 is 2.93 bits per heavy atom. The average Bonchev–Trinajstić information content (AvgIpc) is 2.46. The van der Waals surface area contributed by atoms with Gasteiger partial charge in [-0.1, -0.05) is 11.6 Å². The zero-order valence-corrected chi connectivity index (χ0v) is 9.12. The third kappa shape index (κ3) is 2.62. The molecule has 0 aliphatic rings. The van der Waals surface area contributed by atoms with Crippen molar-refractivity contribution in [3.8, 4) is 0 Å². The largest absolute Gasteiger partial charge is 0.469 e. The Morgan fingerprint density at radius 2 is 2.40 bits per heavy atom. The predicted molar refractivity (Wildman–Crippen MR) is 52.8 cm³/mol. The van der Waals surface area contributed by atoms with Gasteiger partial charge in [0.1, 0.15) is 5.69 Å². The minimum absolute atomic E-state index is 0.0498. The normalized spacial score (nSPS) is 9.53. The fourth-order valence-corrected chi connectivity index (χ4v) is 2.08. The second-order valence-electron chi connectivity index (χ2n) is 2.42. The van der Waals surface area contributed by atoms with E-state index in [1.54, 1.807) is 0 Å². The van der Waals surface area contributed by atoms with E-state index in [0.717, 1.165) is 0 Å². The quantitative estimate of drug-likeness (QED) is 0.469. The zero-order valence-electron chi connectivity index (χ0n) is 7.54. The molecule has 0 N–H and O–H groups in total. The van der Waals surface area contributed by atoms with Gasteiger partial charge in [0, 0.05) is 4.88 Å². The fourth-order valence-electron chi connectivity index (χ4n) is 0.875. The monoisotopic (exact) mass is 249 g/mol. The van der Waals surface area contributed by atoms with Gasteiger partial charge >= 0.3 is 5.97 Å². The summed E-state index contributed by atoms with van der Waals surface area (Å²) in [6.07, 6.45) is 1.04. The SMILES string of the molecule is COC(=O)Cc1sc(F)c(N=C=O)c1Cl. The third-order valence-electron chi connectivity index (χ3n) is 1.54. The first kappa shape index (κ1) is 11.8. The molecule has 0 saturated carbocycles. The second-order valence-corrected chi connectivity index (χ2v) is 3.85. The van der Waals surface area contributed by atoms with Crippen molar-refractivity contribution in [2.45, 2.75) is 6.42 Å². The summed E-state index contributed by atoms with van der Waals surface area (Å²) in [5.41, 5.74) is -0.282. The highest BCUT2D eigenvalue weighted by atomic mass is 35.5. The van der Waals surface area contributed by atoms with Gasteiger partial charge in [-0.15, -0.1) is 11.3 Å². The van der Waals surface area contributed by atoms with Gasteiger partial charge in [-0.05, 0) is 0 Å². The number of thiophene rings is 1. The van der Waals surface area contributed by atoms with Crippen LogP contribution >= 0.6 is 22.9 Å². The first-order valence-corrected chi connectivity index (χ1v) is 4.91. The van der Waals surface area contributed by atoms with E-state index in [1.807, 2.05) is 0 Å². The molecular weight excluding hydrogens is 245 g/mol. The first-order valence-electron chi connectivity index (χ1n) is 3.71. The van der Waals surface area contributed by atoms with E-state index in [1.165, 1.54) is 13.2 Å². The molecule has 7 heteroatoms. The molecule has 0 amide bonds. The number of rotatable bonds is 3. The van der Waals surface area contributed by atoms with Gasteiger partial charge in [-0.25, -0.2) is 4.79 Å². The Morgan fingerprint density at radius 1 is 1.73 bits per heavy atom. The van der Waals surface area contributed by atoms with E-state index in [-0.39, 0.29) is 22.0 Å². The van der Waals surface area contributed by atoms with Crippen LogP contribution in [0.15, 0.2) is 4.99 Å². The molecular formula is C8H5ClFNO3S. The number of methoxy groups -OCH3 is 1. The highest BCUT2D eigenvalue weighted by molar-refractivity contribution is 7.11. The van der Waals surface area contributed by atoms with E-state index < -0.39 is 11.1 Å². The number of hydrogen-bond donors (Lipinski definition) is 0.